The lowest BCUT2D eigenvalue weighted by molar-refractivity contribution is 0.0940. The van der Waals surface area contributed by atoms with Crippen LogP contribution in [0.3, 0.4) is 0 Å². The third kappa shape index (κ3) is 6.70. The molecule has 1 aliphatic heterocycles. The fourth-order valence-corrected chi connectivity index (χ4v) is 5.87. The van der Waals surface area contributed by atoms with Crippen molar-refractivity contribution in [3.63, 3.8) is 0 Å². The van der Waals surface area contributed by atoms with Crippen LogP contribution in [0.25, 0.3) is 10.8 Å². The molecule has 5 aromatic carbocycles. The summed E-state index contributed by atoms with van der Waals surface area (Å²) in [5, 5.41) is 11.1. The Hall–Kier alpha value is -5.50. The van der Waals surface area contributed by atoms with Crippen LogP contribution in [0.5, 0.6) is 5.75 Å². The zero-order chi connectivity index (χ0) is 31.2. The SMILES string of the molecule is COc1ccccc1N1CCN(c2ccc(NC(=O)Nc3cccc4ccccc34)cc2C(=O)NC(C)c2ccccc2)CC1. The lowest BCUT2D eigenvalue weighted by atomic mass is 10.1. The maximum atomic E-state index is 13.8. The number of hydrogen-bond acceptors (Lipinski definition) is 5. The van der Waals surface area contributed by atoms with Crippen LogP contribution in [0.1, 0.15) is 28.9 Å². The van der Waals surface area contributed by atoms with E-state index in [1.165, 1.54) is 0 Å². The van der Waals surface area contributed by atoms with Gasteiger partial charge in [0.15, 0.2) is 0 Å². The zero-order valence-corrected chi connectivity index (χ0v) is 25.5. The smallest absolute Gasteiger partial charge is 0.323 e. The summed E-state index contributed by atoms with van der Waals surface area (Å²) in [6.07, 6.45) is 0. The maximum absolute atomic E-state index is 13.8. The van der Waals surface area contributed by atoms with Gasteiger partial charge in [0.05, 0.1) is 30.1 Å². The number of amides is 3. The van der Waals surface area contributed by atoms with Gasteiger partial charge in [-0.05, 0) is 54.3 Å². The predicted octanol–water partition coefficient (Wildman–Crippen LogP) is 7.31. The number of fused-ring (bicyclic) bond motifs is 1. The average molecular weight is 600 g/mol. The van der Waals surface area contributed by atoms with Crippen molar-refractivity contribution in [2.75, 3.05) is 53.7 Å². The first-order chi connectivity index (χ1) is 22.0. The summed E-state index contributed by atoms with van der Waals surface area (Å²) < 4.78 is 5.59. The van der Waals surface area contributed by atoms with Crippen LogP contribution in [0, 0.1) is 0 Å². The summed E-state index contributed by atoms with van der Waals surface area (Å²) in [6.45, 7) is 4.96. The molecule has 5 aromatic rings. The fourth-order valence-electron chi connectivity index (χ4n) is 5.87. The first-order valence-electron chi connectivity index (χ1n) is 15.2. The van der Waals surface area contributed by atoms with Crippen molar-refractivity contribution < 1.29 is 14.3 Å². The lowest BCUT2D eigenvalue weighted by Crippen LogP contribution is -2.47. The molecule has 1 heterocycles. The molecule has 45 heavy (non-hydrogen) atoms. The Kier molecular flexibility index (Phi) is 8.82. The quantitative estimate of drug-likeness (QED) is 0.174. The van der Waals surface area contributed by atoms with E-state index in [1.54, 1.807) is 13.2 Å². The van der Waals surface area contributed by atoms with Crippen LogP contribution in [-0.4, -0.2) is 45.2 Å². The molecule has 1 unspecified atom stereocenters. The van der Waals surface area contributed by atoms with E-state index in [1.807, 2.05) is 110 Å². The van der Waals surface area contributed by atoms with Gasteiger partial charge < -0.3 is 30.5 Å². The van der Waals surface area contributed by atoms with E-state index in [2.05, 4.69) is 31.8 Å². The van der Waals surface area contributed by atoms with Gasteiger partial charge in [-0.15, -0.1) is 0 Å². The highest BCUT2D eigenvalue weighted by Gasteiger charge is 2.24. The van der Waals surface area contributed by atoms with Crippen LogP contribution >= 0.6 is 0 Å². The van der Waals surface area contributed by atoms with Crippen molar-refractivity contribution in [3.05, 3.63) is 126 Å². The van der Waals surface area contributed by atoms with Crippen LogP contribution in [-0.2, 0) is 0 Å². The molecule has 1 aliphatic rings. The molecule has 0 radical (unpaired) electrons. The normalized spacial score (nSPS) is 13.6. The van der Waals surface area contributed by atoms with Gasteiger partial charge >= 0.3 is 6.03 Å². The number of carbonyl (C=O) groups excluding carboxylic acids is 2. The highest BCUT2D eigenvalue weighted by atomic mass is 16.5. The van der Waals surface area contributed by atoms with E-state index in [0.717, 1.165) is 59.6 Å². The van der Waals surface area contributed by atoms with Crippen molar-refractivity contribution in [3.8, 4) is 5.75 Å². The molecular formula is C37H37N5O3. The van der Waals surface area contributed by atoms with Crippen LogP contribution in [0.15, 0.2) is 115 Å². The fraction of sp³-hybridized carbons (Fsp3) is 0.189. The third-order valence-electron chi connectivity index (χ3n) is 8.23. The number of carbonyl (C=O) groups is 2. The molecule has 0 aromatic heterocycles. The minimum absolute atomic E-state index is 0.194. The van der Waals surface area contributed by atoms with Crippen molar-refractivity contribution >= 4 is 45.5 Å². The number of nitrogens with zero attached hydrogens (tertiary/aromatic N) is 2. The van der Waals surface area contributed by atoms with E-state index >= 15 is 0 Å². The molecule has 3 amide bonds. The van der Waals surface area contributed by atoms with E-state index in [4.69, 9.17) is 4.74 Å². The van der Waals surface area contributed by atoms with Crippen molar-refractivity contribution in [1.29, 1.82) is 0 Å². The molecule has 8 nitrogen and oxygen atoms in total. The number of para-hydroxylation sites is 2. The molecule has 6 rings (SSSR count). The second kappa shape index (κ2) is 13.4. The van der Waals surface area contributed by atoms with Crippen molar-refractivity contribution in [2.24, 2.45) is 0 Å². The topological polar surface area (TPSA) is 85.9 Å². The zero-order valence-electron chi connectivity index (χ0n) is 25.5. The lowest BCUT2D eigenvalue weighted by Gasteiger charge is -2.38. The Morgan fingerprint density at radius 3 is 2.16 bits per heavy atom. The Bertz CT molecular complexity index is 1800. The van der Waals surface area contributed by atoms with Gasteiger partial charge in [0.1, 0.15) is 5.75 Å². The van der Waals surface area contributed by atoms with Gasteiger partial charge in [0.25, 0.3) is 5.91 Å². The minimum atomic E-state index is -0.381. The third-order valence-corrected chi connectivity index (χ3v) is 8.23. The molecule has 228 valence electrons. The molecule has 0 saturated carbocycles. The summed E-state index contributed by atoms with van der Waals surface area (Å²) in [5.74, 6) is 0.643. The molecular weight excluding hydrogens is 562 g/mol. The number of methoxy groups -OCH3 is 1. The molecule has 8 heteroatoms. The Balaban J connectivity index is 1.23. The Morgan fingerprint density at radius 2 is 1.38 bits per heavy atom. The van der Waals surface area contributed by atoms with Gasteiger partial charge in [0.2, 0.25) is 0 Å². The second-order valence-electron chi connectivity index (χ2n) is 11.1. The largest absolute Gasteiger partial charge is 0.495 e. The molecule has 1 fully saturated rings. The van der Waals surface area contributed by atoms with Gasteiger partial charge in [0, 0.05) is 42.9 Å². The first kappa shape index (κ1) is 29.6. The average Bonchev–Trinajstić information content (AvgIpc) is 3.09. The predicted molar refractivity (Wildman–Crippen MR) is 183 cm³/mol. The summed E-state index contributed by atoms with van der Waals surface area (Å²) in [4.78, 5) is 31.5. The monoisotopic (exact) mass is 599 g/mol. The number of anilines is 4. The highest BCUT2D eigenvalue weighted by molar-refractivity contribution is 6.07. The van der Waals surface area contributed by atoms with Gasteiger partial charge in [-0.1, -0.05) is 78.9 Å². The number of ether oxygens (including phenoxy) is 1. The summed E-state index contributed by atoms with van der Waals surface area (Å²) in [6, 6.07) is 36.6. The summed E-state index contributed by atoms with van der Waals surface area (Å²) in [5.41, 5.74) is 4.65. The minimum Gasteiger partial charge on any atom is -0.495 e. The van der Waals surface area contributed by atoms with Gasteiger partial charge in [-0.25, -0.2) is 4.79 Å². The Morgan fingerprint density at radius 1 is 0.711 bits per heavy atom. The Labute approximate surface area is 263 Å². The number of hydrogen-bond donors (Lipinski definition) is 3. The molecule has 0 spiro atoms. The van der Waals surface area contributed by atoms with Crippen LogP contribution < -0.4 is 30.5 Å². The number of nitrogens with one attached hydrogen (secondary N) is 3. The number of benzene rings is 5. The first-order valence-corrected chi connectivity index (χ1v) is 15.2. The van der Waals surface area contributed by atoms with Crippen LogP contribution in [0.4, 0.5) is 27.5 Å². The number of rotatable bonds is 8. The van der Waals surface area contributed by atoms with E-state index in [9.17, 15) is 9.59 Å². The summed E-state index contributed by atoms with van der Waals surface area (Å²) in [7, 11) is 1.69. The highest BCUT2D eigenvalue weighted by Crippen LogP contribution is 2.31. The van der Waals surface area contributed by atoms with Gasteiger partial charge in [-0.2, -0.15) is 0 Å². The molecule has 0 bridgehead atoms. The van der Waals surface area contributed by atoms with Crippen LogP contribution in [0.2, 0.25) is 0 Å². The number of piperazine rings is 1. The standard InChI is InChI=1S/C37H37N5O3/c1-26(27-11-4-3-5-12-27)38-36(43)31-25-29(39-37(44)40-32-16-10-14-28-13-6-7-15-30(28)32)19-20-33(31)41-21-23-42(24-22-41)34-17-8-9-18-35(34)45-2/h3-20,25-26H,21-24H2,1-2H3,(H,38,43)(H2,39,40,44). The molecule has 0 aliphatic carbocycles. The molecule has 1 saturated heterocycles. The van der Waals surface area contributed by atoms with Crippen molar-refractivity contribution in [1.82, 2.24) is 5.32 Å². The maximum Gasteiger partial charge on any atom is 0.323 e. The molecule has 3 N–H and O–H groups in total. The van der Waals surface area contributed by atoms with E-state index in [-0.39, 0.29) is 18.0 Å². The van der Waals surface area contributed by atoms with Crippen molar-refractivity contribution in [2.45, 2.75) is 13.0 Å². The van der Waals surface area contributed by atoms with Gasteiger partial charge in [-0.3, -0.25) is 4.79 Å². The van der Waals surface area contributed by atoms with E-state index < -0.39 is 0 Å². The number of urea groups is 1. The summed E-state index contributed by atoms with van der Waals surface area (Å²) >= 11 is 0. The second-order valence-corrected chi connectivity index (χ2v) is 11.1. The molecule has 1 atom stereocenters. The van der Waals surface area contributed by atoms with E-state index in [0.29, 0.717) is 16.9 Å².